The lowest BCUT2D eigenvalue weighted by Crippen LogP contribution is -2.42. The maximum Gasteiger partial charge on any atom is 0.191 e. The van der Waals surface area contributed by atoms with Crippen LogP contribution in [0.4, 0.5) is 5.69 Å². The number of guanidine groups is 1. The van der Waals surface area contributed by atoms with Crippen LogP contribution in [0.5, 0.6) is 0 Å². The number of rotatable bonds is 5. The van der Waals surface area contributed by atoms with Gasteiger partial charge in [-0.05, 0) is 55.7 Å². The number of aliphatic imine (C=N–C) groups is 1. The molecule has 0 bridgehead atoms. The molecule has 128 valence electrons. The van der Waals surface area contributed by atoms with Crippen LogP contribution in [0.15, 0.2) is 23.2 Å². The third-order valence-corrected chi connectivity index (χ3v) is 5.67. The quantitative estimate of drug-likeness (QED) is 0.641. The molecule has 0 saturated heterocycles. The molecule has 0 amide bonds. The van der Waals surface area contributed by atoms with Crippen molar-refractivity contribution in [2.75, 3.05) is 32.3 Å². The van der Waals surface area contributed by atoms with Gasteiger partial charge >= 0.3 is 0 Å². The van der Waals surface area contributed by atoms with Gasteiger partial charge in [0, 0.05) is 44.7 Å². The maximum absolute atomic E-state index is 4.37. The number of benzene rings is 1. The molecule has 2 atom stereocenters. The van der Waals surface area contributed by atoms with Crippen LogP contribution < -0.4 is 15.5 Å². The molecular formula is C18H30N4S. The minimum absolute atomic E-state index is 0.552. The summed E-state index contributed by atoms with van der Waals surface area (Å²) in [5.41, 5.74) is 3.86. The second-order valence-corrected chi connectivity index (χ2v) is 7.58. The summed E-state index contributed by atoms with van der Waals surface area (Å²) in [7, 11) is 5.99. The van der Waals surface area contributed by atoms with E-state index in [1.807, 2.05) is 18.8 Å². The zero-order valence-corrected chi connectivity index (χ0v) is 15.8. The lowest BCUT2D eigenvalue weighted by molar-refractivity contribution is 0.614. The van der Waals surface area contributed by atoms with Crippen LogP contribution >= 0.6 is 11.8 Å². The Morgan fingerprint density at radius 1 is 1.35 bits per heavy atom. The highest BCUT2D eigenvalue weighted by Gasteiger charge is 2.24. The molecule has 1 aliphatic rings. The van der Waals surface area contributed by atoms with Crippen LogP contribution in [0.1, 0.15) is 30.4 Å². The fraction of sp³-hybridized carbons (Fsp3) is 0.611. The number of hydrogen-bond donors (Lipinski definition) is 2. The second-order valence-electron chi connectivity index (χ2n) is 6.44. The molecule has 0 spiro atoms. The van der Waals surface area contributed by atoms with Crippen molar-refractivity contribution in [3.05, 3.63) is 29.3 Å². The van der Waals surface area contributed by atoms with E-state index in [4.69, 9.17) is 0 Å². The predicted octanol–water partition coefficient (Wildman–Crippen LogP) is 3.01. The highest BCUT2D eigenvalue weighted by molar-refractivity contribution is 7.99. The Kier molecular flexibility index (Phi) is 6.63. The van der Waals surface area contributed by atoms with Crippen molar-refractivity contribution in [1.82, 2.24) is 10.6 Å². The molecule has 1 fully saturated rings. The second kappa shape index (κ2) is 8.48. The zero-order valence-electron chi connectivity index (χ0n) is 15.0. The van der Waals surface area contributed by atoms with E-state index >= 15 is 0 Å². The summed E-state index contributed by atoms with van der Waals surface area (Å²) in [5, 5.41) is 7.82. The SMILES string of the molecule is CN=C(NCc1ccc(N(C)C)cc1C)NC1CCC(SC)C1. The summed E-state index contributed by atoms with van der Waals surface area (Å²) in [6, 6.07) is 7.15. The van der Waals surface area contributed by atoms with Gasteiger partial charge in [0.25, 0.3) is 0 Å². The third kappa shape index (κ3) is 5.06. The lowest BCUT2D eigenvalue weighted by atomic mass is 10.1. The zero-order chi connectivity index (χ0) is 16.8. The Morgan fingerprint density at radius 3 is 2.70 bits per heavy atom. The Labute approximate surface area is 145 Å². The van der Waals surface area contributed by atoms with Crippen LogP contribution in [-0.2, 0) is 6.54 Å². The largest absolute Gasteiger partial charge is 0.378 e. The Bertz CT molecular complexity index is 542. The summed E-state index contributed by atoms with van der Waals surface area (Å²) >= 11 is 1.98. The average molecular weight is 335 g/mol. The van der Waals surface area contributed by atoms with Gasteiger partial charge in [0.1, 0.15) is 0 Å². The first-order valence-corrected chi connectivity index (χ1v) is 9.59. The van der Waals surface area contributed by atoms with Gasteiger partial charge in [-0.3, -0.25) is 4.99 Å². The number of hydrogen-bond acceptors (Lipinski definition) is 3. The van der Waals surface area contributed by atoms with E-state index in [-0.39, 0.29) is 0 Å². The van der Waals surface area contributed by atoms with E-state index in [1.54, 1.807) is 0 Å². The predicted molar refractivity (Wildman–Crippen MR) is 104 cm³/mol. The Balaban J connectivity index is 1.88. The highest BCUT2D eigenvalue weighted by atomic mass is 32.2. The molecule has 2 rings (SSSR count). The van der Waals surface area contributed by atoms with Crippen molar-refractivity contribution in [2.24, 2.45) is 4.99 Å². The van der Waals surface area contributed by atoms with Crippen molar-refractivity contribution < 1.29 is 0 Å². The molecule has 23 heavy (non-hydrogen) atoms. The number of nitrogens with one attached hydrogen (secondary N) is 2. The standard InChI is InChI=1S/C18H30N4S/c1-13-10-16(22(3)4)8-6-14(13)12-20-18(19-2)21-15-7-9-17(11-15)23-5/h6,8,10,15,17H,7,9,11-12H2,1-5H3,(H2,19,20,21). The van der Waals surface area contributed by atoms with Crippen LogP contribution in [0.2, 0.25) is 0 Å². The van der Waals surface area contributed by atoms with Crippen LogP contribution in [0.25, 0.3) is 0 Å². The van der Waals surface area contributed by atoms with Crippen molar-refractivity contribution in [2.45, 2.75) is 44.0 Å². The molecule has 5 heteroatoms. The minimum Gasteiger partial charge on any atom is -0.378 e. The maximum atomic E-state index is 4.37. The summed E-state index contributed by atoms with van der Waals surface area (Å²) in [4.78, 5) is 6.50. The fourth-order valence-corrected chi connectivity index (χ4v) is 3.81. The van der Waals surface area contributed by atoms with Crippen molar-refractivity contribution >= 4 is 23.4 Å². The fourth-order valence-electron chi connectivity index (χ4n) is 3.01. The van der Waals surface area contributed by atoms with Crippen LogP contribution in [0.3, 0.4) is 0 Å². The number of thioether (sulfide) groups is 1. The topological polar surface area (TPSA) is 39.7 Å². The van der Waals surface area contributed by atoms with Crippen LogP contribution in [0, 0.1) is 6.92 Å². The van der Waals surface area contributed by atoms with Gasteiger partial charge in [0.05, 0.1) is 0 Å². The molecule has 1 saturated carbocycles. The molecule has 0 aromatic heterocycles. The first-order chi connectivity index (χ1) is 11.0. The number of anilines is 1. The first kappa shape index (κ1) is 18.0. The van der Waals surface area contributed by atoms with Gasteiger partial charge in [0.15, 0.2) is 5.96 Å². The Morgan fingerprint density at radius 2 is 2.13 bits per heavy atom. The van der Waals surface area contributed by atoms with Crippen molar-refractivity contribution in [3.63, 3.8) is 0 Å². The molecule has 0 aliphatic heterocycles. The average Bonchev–Trinajstić information content (AvgIpc) is 2.99. The number of aryl methyl sites for hydroxylation is 1. The minimum atomic E-state index is 0.552. The van der Waals surface area contributed by atoms with E-state index < -0.39 is 0 Å². The lowest BCUT2D eigenvalue weighted by Gasteiger charge is -2.19. The van der Waals surface area contributed by atoms with E-state index in [0.29, 0.717) is 6.04 Å². The summed E-state index contributed by atoms with van der Waals surface area (Å²) < 4.78 is 0. The molecule has 2 N–H and O–H groups in total. The summed E-state index contributed by atoms with van der Waals surface area (Å²) in [6.45, 7) is 2.97. The molecule has 1 aliphatic carbocycles. The van der Waals surface area contributed by atoms with Gasteiger partial charge in [-0.2, -0.15) is 11.8 Å². The van der Waals surface area contributed by atoms with Crippen molar-refractivity contribution in [1.29, 1.82) is 0 Å². The van der Waals surface area contributed by atoms with Crippen molar-refractivity contribution in [3.8, 4) is 0 Å². The van der Waals surface area contributed by atoms with Crippen LogP contribution in [-0.4, -0.2) is 44.7 Å². The summed E-state index contributed by atoms with van der Waals surface area (Å²) in [6.07, 6.45) is 5.99. The van der Waals surface area contributed by atoms with Gasteiger partial charge in [-0.1, -0.05) is 6.07 Å². The van der Waals surface area contributed by atoms with E-state index in [2.05, 4.69) is 66.0 Å². The molecular weight excluding hydrogens is 304 g/mol. The highest BCUT2D eigenvalue weighted by Crippen LogP contribution is 2.28. The summed E-state index contributed by atoms with van der Waals surface area (Å²) in [5.74, 6) is 0.910. The third-order valence-electron chi connectivity index (χ3n) is 4.57. The molecule has 2 unspecified atom stereocenters. The first-order valence-electron chi connectivity index (χ1n) is 8.30. The van der Waals surface area contributed by atoms with Gasteiger partial charge in [-0.15, -0.1) is 0 Å². The molecule has 0 heterocycles. The van der Waals surface area contributed by atoms with Gasteiger partial charge in [-0.25, -0.2) is 0 Å². The smallest absolute Gasteiger partial charge is 0.191 e. The molecule has 0 radical (unpaired) electrons. The molecule has 4 nitrogen and oxygen atoms in total. The number of nitrogens with zero attached hydrogens (tertiary/aromatic N) is 2. The van der Waals surface area contributed by atoms with Gasteiger partial charge < -0.3 is 15.5 Å². The Hall–Kier alpha value is -1.36. The van der Waals surface area contributed by atoms with E-state index in [0.717, 1.165) is 17.8 Å². The monoisotopic (exact) mass is 334 g/mol. The normalized spacial score (nSPS) is 21.3. The molecule has 1 aromatic carbocycles. The van der Waals surface area contributed by atoms with E-state index in [9.17, 15) is 0 Å². The van der Waals surface area contributed by atoms with E-state index in [1.165, 1.54) is 36.1 Å². The van der Waals surface area contributed by atoms with Gasteiger partial charge in [0.2, 0.25) is 0 Å². The molecule has 1 aromatic rings.